The van der Waals surface area contributed by atoms with E-state index in [1.165, 1.54) is 6.07 Å². The van der Waals surface area contributed by atoms with Gasteiger partial charge < -0.3 is 10.2 Å². The van der Waals surface area contributed by atoms with Crippen molar-refractivity contribution in [3.8, 4) is 0 Å². The molecule has 0 amide bonds. The van der Waals surface area contributed by atoms with Crippen LogP contribution in [0.4, 0.5) is 21.5 Å². The number of rotatable bonds is 4. The summed E-state index contributed by atoms with van der Waals surface area (Å²) in [7, 11) is 1.86. The predicted molar refractivity (Wildman–Crippen MR) is 85.1 cm³/mol. The number of anilines is 2. The number of nitrogens with zero attached hydrogens (tertiary/aromatic N) is 4. The Bertz CT molecular complexity index is 718. The Morgan fingerprint density at radius 2 is 2.30 bits per heavy atom. The highest BCUT2D eigenvalue weighted by Gasteiger charge is 2.25. The van der Waals surface area contributed by atoms with E-state index >= 15 is 0 Å². The first-order valence-corrected chi connectivity index (χ1v) is 7.47. The van der Waals surface area contributed by atoms with Gasteiger partial charge in [0.1, 0.15) is 5.69 Å². The van der Waals surface area contributed by atoms with Crippen molar-refractivity contribution in [3.63, 3.8) is 0 Å². The minimum atomic E-state index is -0.820. The van der Waals surface area contributed by atoms with Gasteiger partial charge in [-0.15, -0.1) is 0 Å². The van der Waals surface area contributed by atoms with Crippen LogP contribution in [-0.4, -0.2) is 33.8 Å². The van der Waals surface area contributed by atoms with E-state index in [1.54, 1.807) is 16.9 Å². The molecule has 1 saturated heterocycles. The Labute approximate surface area is 132 Å². The molecule has 8 heteroatoms. The fraction of sp³-hybridized carbons (Fsp3) is 0.400. The summed E-state index contributed by atoms with van der Waals surface area (Å²) >= 11 is 0. The van der Waals surface area contributed by atoms with Gasteiger partial charge in [-0.3, -0.25) is 14.8 Å². The van der Waals surface area contributed by atoms with Crippen molar-refractivity contribution >= 4 is 17.1 Å². The molecule has 23 heavy (non-hydrogen) atoms. The fourth-order valence-corrected chi connectivity index (χ4v) is 2.94. The number of nitro benzene ring substituents is 1. The van der Waals surface area contributed by atoms with E-state index in [0.717, 1.165) is 31.1 Å². The van der Waals surface area contributed by atoms with Crippen LogP contribution >= 0.6 is 0 Å². The van der Waals surface area contributed by atoms with Gasteiger partial charge in [-0.05, 0) is 25.0 Å². The Hall–Kier alpha value is -2.64. The van der Waals surface area contributed by atoms with Gasteiger partial charge in [0.2, 0.25) is 5.82 Å². The van der Waals surface area contributed by atoms with Crippen molar-refractivity contribution in [3.05, 3.63) is 46.5 Å². The lowest BCUT2D eigenvalue weighted by Crippen LogP contribution is -2.42. The van der Waals surface area contributed by atoms with E-state index in [1.807, 2.05) is 13.2 Å². The van der Waals surface area contributed by atoms with E-state index in [4.69, 9.17) is 0 Å². The third kappa shape index (κ3) is 3.25. The van der Waals surface area contributed by atoms with E-state index in [9.17, 15) is 14.5 Å². The Morgan fingerprint density at radius 1 is 1.48 bits per heavy atom. The molecule has 0 spiro atoms. The highest BCUT2D eigenvalue weighted by Crippen LogP contribution is 2.29. The monoisotopic (exact) mass is 319 g/mol. The molecule has 3 rings (SSSR count). The highest BCUT2D eigenvalue weighted by molar-refractivity contribution is 5.62. The lowest BCUT2D eigenvalue weighted by Gasteiger charge is -2.34. The van der Waals surface area contributed by atoms with Crippen LogP contribution in [0.5, 0.6) is 0 Å². The second kappa shape index (κ2) is 6.23. The molecular weight excluding hydrogens is 301 g/mol. The van der Waals surface area contributed by atoms with Gasteiger partial charge in [0.15, 0.2) is 0 Å². The molecule has 0 aliphatic carbocycles. The number of hydrogen-bond acceptors (Lipinski definition) is 5. The first-order chi connectivity index (χ1) is 11.0. The van der Waals surface area contributed by atoms with Crippen molar-refractivity contribution in [2.45, 2.75) is 18.9 Å². The van der Waals surface area contributed by atoms with Crippen LogP contribution in [0.2, 0.25) is 0 Å². The second-order valence-electron chi connectivity index (χ2n) is 5.69. The summed E-state index contributed by atoms with van der Waals surface area (Å²) in [5, 5.41) is 18.4. The summed E-state index contributed by atoms with van der Waals surface area (Å²) in [5.41, 5.74) is 0.756. The van der Waals surface area contributed by atoms with Crippen molar-refractivity contribution < 1.29 is 9.31 Å². The van der Waals surface area contributed by atoms with Gasteiger partial charge in [0.25, 0.3) is 0 Å². The van der Waals surface area contributed by atoms with Gasteiger partial charge >= 0.3 is 5.69 Å². The van der Waals surface area contributed by atoms with Gasteiger partial charge in [0, 0.05) is 32.4 Å². The third-order valence-electron chi connectivity index (χ3n) is 4.01. The quantitative estimate of drug-likeness (QED) is 0.692. The summed E-state index contributed by atoms with van der Waals surface area (Å²) < 4.78 is 15.4. The average molecular weight is 319 g/mol. The summed E-state index contributed by atoms with van der Waals surface area (Å²) in [4.78, 5) is 12.6. The van der Waals surface area contributed by atoms with Gasteiger partial charge in [-0.2, -0.15) is 9.49 Å². The lowest BCUT2D eigenvalue weighted by atomic mass is 10.0. The maximum absolute atomic E-state index is 13.7. The van der Waals surface area contributed by atoms with Crippen molar-refractivity contribution in [2.75, 3.05) is 23.3 Å². The smallest absolute Gasteiger partial charge is 0.327 e. The average Bonchev–Trinajstić information content (AvgIpc) is 2.94. The number of halogens is 1. The van der Waals surface area contributed by atoms with Gasteiger partial charge in [0.05, 0.1) is 16.8 Å². The first-order valence-electron chi connectivity index (χ1n) is 7.47. The topological polar surface area (TPSA) is 76.2 Å². The number of benzene rings is 1. The molecule has 2 heterocycles. The standard InChI is InChI=1S/C15H18FN5O2/c1-19-10-12(8-17-19)20-7-3-4-11(9-20)18-14-6-2-5-13(16)15(14)21(22)23/h2,5-6,8,10-11,18H,3-4,7,9H2,1H3/t11-/m0/s1. The molecule has 1 aliphatic rings. The van der Waals surface area contributed by atoms with E-state index in [-0.39, 0.29) is 11.7 Å². The minimum absolute atomic E-state index is 0.0180. The van der Waals surface area contributed by atoms with Crippen molar-refractivity contribution in [2.24, 2.45) is 7.05 Å². The Kier molecular flexibility index (Phi) is 4.14. The summed E-state index contributed by atoms with van der Waals surface area (Å²) in [6.45, 7) is 1.61. The van der Waals surface area contributed by atoms with Crippen LogP contribution < -0.4 is 10.2 Å². The molecule has 1 aliphatic heterocycles. The van der Waals surface area contributed by atoms with E-state index in [0.29, 0.717) is 6.54 Å². The molecule has 1 aromatic heterocycles. The van der Waals surface area contributed by atoms with Crippen LogP contribution in [0.15, 0.2) is 30.6 Å². The molecule has 122 valence electrons. The zero-order valence-electron chi connectivity index (χ0n) is 12.8. The Balaban J connectivity index is 1.76. The summed E-state index contributed by atoms with van der Waals surface area (Å²) in [5.74, 6) is -0.820. The highest BCUT2D eigenvalue weighted by atomic mass is 19.1. The molecular formula is C15H18FN5O2. The third-order valence-corrected chi connectivity index (χ3v) is 4.01. The summed E-state index contributed by atoms with van der Waals surface area (Å²) in [6.07, 6.45) is 5.57. The van der Waals surface area contributed by atoms with E-state index < -0.39 is 16.4 Å². The summed E-state index contributed by atoms with van der Waals surface area (Å²) in [6, 6.07) is 4.15. The van der Waals surface area contributed by atoms with Gasteiger partial charge in [-0.25, -0.2) is 0 Å². The van der Waals surface area contributed by atoms with Crippen LogP contribution in [-0.2, 0) is 7.05 Å². The number of aryl methyl sites for hydroxylation is 1. The minimum Gasteiger partial charge on any atom is -0.375 e. The molecule has 1 fully saturated rings. The number of nitro groups is 1. The molecule has 0 saturated carbocycles. The zero-order chi connectivity index (χ0) is 16.4. The number of para-hydroxylation sites is 1. The molecule has 1 atom stereocenters. The van der Waals surface area contributed by atoms with Crippen molar-refractivity contribution in [1.82, 2.24) is 9.78 Å². The fourth-order valence-electron chi connectivity index (χ4n) is 2.94. The van der Waals surface area contributed by atoms with Crippen LogP contribution in [0, 0.1) is 15.9 Å². The first kappa shape index (κ1) is 15.3. The van der Waals surface area contributed by atoms with Crippen LogP contribution in [0.3, 0.4) is 0 Å². The number of piperidine rings is 1. The largest absolute Gasteiger partial charge is 0.375 e. The van der Waals surface area contributed by atoms with Gasteiger partial charge in [-0.1, -0.05) is 6.07 Å². The van der Waals surface area contributed by atoms with Crippen LogP contribution in [0.25, 0.3) is 0 Å². The molecule has 0 bridgehead atoms. The lowest BCUT2D eigenvalue weighted by molar-refractivity contribution is -0.386. The molecule has 2 aromatic rings. The van der Waals surface area contributed by atoms with Crippen LogP contribution in [0.1, 0.15) is 12.8 Å². The molecule has 1 N–H and O–H groups in total. The molecule has 1 aromatic carbocycles. The number of nitrogens with one attached hydrogen (secondary N) is 1. The Morgan fingerprint density at radius 3 is 3.00 bits per heavy atom. The van der Waals surface area contributed by atoms with Crippen molar-refractivity contribution in [1.29, 1.82) is 0 Å². The molecule has 7 nitrogen and oxygen atoms in total. The predicted octanol–water partition coefficient (Wildman–Crippen LogP) is 2.55. The number of hydrogen-bond donors (Lipinski definition) is 1. The molecule has 0 unspecified atom stereocenters. The normalized spacial score (nSPS) is 18.0. The van der Waals surface area contributed by atoms with E-state index in [2.05, 4.69) is 15.3 Å². The SMILES string of the molecule is Cn1cc(N2CCC[C@H](Nc3cccc(F)c3[N+](=O)[O-])C2)cn1. The molecule has 0 radical (unpaired) electrons. The maximum atomic E-state index is 13.7. The maximum Gasteiger partial charge on any atom is 0.327 e. The zero-order valence-corrected chi connectivity index (χ0v) is 12.8. The second-order valence-corrected chi connectivity index (χ2v) is 5.69. The number of aromatic nitrogens is 2.